The molecule has 2 atom stereocenters. The van der Waals surface area contributed by atoms with Gasteiger partial charge in [0.05, 0.1) is 12.0 Å². The van der Waals surface area contributed by atoms with E-state index >= 15 is 0 Å². The van der Waals surface area contributed by atoms with E-state index in [0.717, 1.165) is 11.3 Å². The van der Waals surface area contributed by atoms with Crippen LogP contribution in [0.4, 0.5) is 15.3 Å². The average Bonchev–Trinajstić information content (AvgIpc) is 3.41. The first-order valence-electron chi connectivity index (χ1n) is 11.9. The van der Waals surface area contributed by atoms with E-state index in [2.05, 4.69) is 25.1 Å². The SMILES string of the molecule is COC(=O)Nc1ccc(-n2ccnc2[C@@]2(NC(=O)NS(=O)(=O)c3cccc(Cl)c3)C[C@@H]2c2ccccc2)cc1. The molecule has 4 aromatic rings. The number of amides is 3. The van der Waals surface area contributed by atoms with Crippen LogP contribution in [0.2, 0.25) is 5.02 Å². The second kappa shape index (κ2) is 10.4. The van der Waals surface area contributed by atoms with Crippen LogP contribution < -0.4 is 15.4 Å². The molecule has 1 saturated carbocycles. The lowest BCUT2D eigenvalue weighted by Gasteiger charge is -2.22. The maximum Gasteiger partial charge on any atom is 0.411 e. The molecule has 0 aliphatic heterocycles. The first-order valence-corrected chi connectivity index (χ1v) is 13.7. The fourth-order valence-corrected chi connectivity index (χ4v) is 5.76. The van der Waals surface area contributed by atoms with Gasteiger partial charge in [-0.3, -0.25) is 5.32 Å². The number of carbonyl (C=O) groups excluding carboxylic acids is 2. The van der Waals surface area contributed by atoms with Gasteiger partial charge in [0.25, 0.3) is 10.0 Å². The minimum Gasteiger partial charge on any atom is -0.453 e. The molecule has 0 radical (unpaired) electrons. The van der Waals surface area contributed by atoms with Gasteiger partial charge in [0.15, 0.2) is 0 Å². The maximum atomic E-state index is 13.1. The number of halogens is 1. The van der Waals surface area contributed by atoms with Crippen molar-refractivity contribution in [2.45, 2.75) is 22.8 Å². The molecule has 0 unspecified atom stereocenters. The van der Waals surface area contributed by atoms with Gasteiger partial charge in [-0.15, -0.1) is 0 Å². The Kier molecular flexibility index (Phi) is 7.02. The van der Waals surface area contributed by atoms with Crippen LogP contribution in [-0.4, -0.2) is 37.2 Å². The summed E-state index contributed by atoms with van der Waals surface area (Å²) in [6.07, 6.45) is 3.28. The lowest BCUT2D eigenvalue weighted by atomic mass is 10.1. The summed E-state index contributed by atoms with van der Waals surface area (Å²) in [7, 11) is -2.89. The number of sulfonamides is 1. The lowest BCUT2D eigenvalue weighted by molar-refractivity contribution is 0.187. The van der Waals surface area contributed by atoms with Crippen molar-refractivity contribution in [2.24, 2.45) is 0 Å². The molecule has 39 heavy (non-hydrogen) atoms. The van der Waals surface area contributed by atoms with E-state index in [4.69, 9.17) is 11.6 Å². The third kappa shape index (κ3) is 5.45. The van der Waals surface area contributed by atoms with Crippen molar-refractivity contribution in [3.05, 3.63) is 108 Å². The number of hydrogen-bond acceptors (Lipinski definition) is 6. The van der Waals surface area contributed by atoms with E-state index in [1.807, 2.05) is 34.9 Å². The number of methoxy groups -OCH3 is 1. The third-order valence-corrected chi connectivity index (χ3v) is 8.01. The molecule has 1 heterocycles. The minimum absolute atomic E-state index is 0.128. The minimum atomic E-state index is -4.18. The molecule has 10 nitrogen and oxygen atoms in total. The van der Waals surface area contributed by atoms with E-state index in [1.165, 1.54) is 25.3 Å². The molecule has 1 fully saturated rings. The number of benzene rings is 3. The molecule has 0 saturated heterocycles. The largest absolute Gasteiger partial charge is 0.453 e. The van der Waals surface area contributed by atoms with Gasteiger partial charge in [0.1, 0.15) is 11.4 Å². The van der Waals surface area contributed by atoms with E-state index in [1.54, 1.807) is 42.7 Å². The second-order valence-corrected chi connectivity index (χ2v) is 11.1. The van der Waals surface area contributed by atoms with E-state index < -0.39 is 27.7 Å². The number of nitrogens with zero attached hydrogens (tertiary/aromatic N) is 2. The lowest BCUT2D eigenvalue weighted by Crippen LogP contribution is -2.46. The Morgan fingerprint density at radius 1 is 1.05 bits per heavy atom. The number of rotatable bonds is 7. The van der Waals surface area contributed by atoms with Gasteiger partial charge < -0.3 is 14.6 Å². The van der Waals surface area contributed by atoms with Gasteiger partial charge in [0.2, 0.25) is 0 Å². The van der Waals surface area contributed by atoms with Crippen molar-refractivity contribution in [1.29, 1.82) is 0 Å². The van der Waals surface area contributed by atoms with Gasteiger partial charge in [-0.25, -0.2) is 27.7 Å². The molecule has 1 aliphatic carbocycles. The highest BCUT2D eigenvalue weighted by Crippen LogP contribution is 2.58. The van der Waals surface area contributed by atoms with Crippen LogP contribution in [-0.2, 0) is 20.3 Å². The van der Waals surface area contributed by atoms with Gasteiger partial charge in [-0.2, -0.15) is 0 Å². The van der Waals surface area contributed by atoms with Crippen molar-refractivity contribution in [2.75, 3.05) is 12.4 Å². The van der Waals surface area contributed by atoms with Crippen LogP contribution >= 0.6 is 11.6 Å². The smallest absolute Gasteiger partial charge is 0.411 e. The second-order valence-electron chi connectivity index (χ2n) is 8.94. The molecule has 0 spiro atoms. The van der Waals surface area contributed by atoms with Crippen molar-refractivity contribution >= 4 is 39.4 Å². The molecule has 3 aromatic carbocycles. The van der Waals surface area contributed by atoms with Crippen LogP contribution in [0, 0.1) is 0 Å². The standard InChI is InChI=1S/C27H24ClN5O5S/c1-38-26(35)30-20-10-12-21(13-11-20)33-15-14-29-24(33)27(17-23(27)18-6-3-2-4-7-18)31-25(34)32-39(36,37)22-9-5-8-19(28)16-22/h2-16,23H,17H2,1H3,(H,30,35)(H2,31,32,34)/t23-,27-/m1/s1. The third-order valence-electron chi connectivity index (χ3n) is 6.45. The van der Waals surface area contributed by atoms with E-state index in [9.17, 15) is 18.0 Å². The fraction of sp³-hybridized carbons (Fsp3) is 0.148. The van der Waals surface area contributed by atoms with Crippen LogP contribution in [0.15, 0.2) is 96.2 Å². The zero-order valence-corrected chi connectivity index (χ0v) is 22.2. The van der Waals surface area contributed by atoms with E-state index in [0.29, 0.717) is 17.9 Å². The highest BCUT2D eigenvalue weighted by Gasteiger charge is 2.60. The number of aromatic nitrogens is 2. The van der Waals surface area contributed by atoms with Crippen LogP contribution in [0.1, 0.15) is 23.7 Å². The van der Waals surface area contributed by atoms with Gasteiger partial charge in [0, 0.05) is 34.7 Å². The van der Waals surface area contributed by atoms with Gasteiger partial charge in [-0.1, -0.05) is 48.0 Å². The molecule has 3 N–H and O–H groups in total. The predicted octanol–water partition coefficient (Wildman–Crippen LogP) is 4.77. The summed E-state index contributed by atoms with van der Waals surface area (Å²) in [4.78, 5) is 29.1. The van der Waals surface area contributed by atoms with Crippen molar-refractivity contribution in [1.82, 2.24) is 19.6 Å². The molecular weight excluding hydrogens is 542 g/mol. The van der Waals surface area contributed by atoms with Crippen LogP contribution in [0.5, 0.6) is 0 Å². The number of imidazole rings is 1. The highest BCUT2D eigenvalue weighted by molar-refractivity contribution is 7.90. The van der Waals surface area contributed by atoms with Crippen LogP contribution in [0.25, 0.3) is 5.69 Å². The van der Waals surface area contributed by atoms with E-state index in [-0.39, 0.29) is 15.8 Å². The normalized spacial score (nSPS) is 18.2. The summed E-state index contributed by atoms with van der Waals surface area (Å²) < 4.78 is 34.3. The Morgan fingerprint density at radius 3 is 2.49 bits per heavy atom. The summed E-state index contributed by atoms with van der Waals surface area (Å²) in [6, 6.07) is 21.4. The summed E-state index contributed by atoms with van der Waals surface area (Å²) in [6.45, 7) is 0. The first kappa shape index (κ1) is 26.3. The number of anilines is 1. The molecule has 200 valence electrons. The monoisotopic (exact) mass is 565 g/mol. The van der Waals surface area contributed by atoms with Gasteiger partial charge in [-0.05, 0) is 54.4 Å². The van der Waals surface area contributed by atoms with Gasteiger partial charge >= 0.3 is 12.1 Å². The zero-order valence-electron chi connectivity index (χ0n) is 20.7. The van der Waals surface area contributed by atoms with Crippen LogP contribution in [0.3, 0.4) is 0 Å². The molecular formula is C27H24ClN5O5S. The zero-order chi connectivity index (χ0) is 27.6. The predicted molar refractivity (Wildman–Crippen MR) is 145 cm³/mol. The van der Waals surface area contributed by atoms with Crippen molar-refractivity contribution in [3.63, 3.8) is 0 Å². The number of hydrogen-bond donors (Lipinski definition) is 3. The topological polar surface area (TPSA) is 131 Å². The number of carbonyl (C=O) groups is 2. The number of urea groups is 1. The Morgan fingerprint density at radius 2 is 1.79 bits per heavy atom. The fourth-order valence-electron chi connectivity index (χ4n) is 4.55. The summed E-state index contributed by atoms with van der Waals surface area (Å²) in [5.41, 5.74) is 1.26. The average molecular weight is 566 g/mol. The number of nitrogens with one attached hydrogen (secondary N) is 3. The molecule has 12 heteroatoms. The Hall–Kier alpha value is -4.35. The quantitative estimate of drug-likeness (QED) is 0.296. The Bertz CT molecular complexity index is 1630. The summed E-state index contributed by atoms with van der Waals surface area (Å²) in [5.74, 6) is 0.375. The number of ether oxygens (including phenoxy) is 1. The van der Waals surface area contributed by atoms with Crippen molar-refractivity contribution < 1.29 is 22.7 Å². The highest BCUT2D eigenvalue weighted by atomic mass is 35.5. The van der Waals surface area contributed by atoms with Crippen molar-refractivity contribution in [3.8, 4) is 5.69 Å². The molecule has 1 aromatic heterocycles. The Balaban J connectivity index is 1.45. The molecule has 3 amide bonds. The summed E-state index contributed by atoms with van der Waals surface area (Å²) >= 11 is 5.95. The Labute approximate surface area is 230 Å². The molecule has 0 bridgehead atoms. The maximum absolute atomic E-state index is 13.1. The molecule has 1 aliphatic rings. The summed E-state index contributed by atoms with van der Waals surface area (Å²) in [5, 5.41) is 5.73. The first-order chi connectivity index (χ1) is 18.7. The molecule has 5 rings (SSSR count).